The molecule has 6 nitrogen and oxygen atoms in total. The lowest BCUT2D eigenvalue weighted by atomic mass is 9.67. The minimum Gasteiger partial charge on any atom is -0.455 e. The molecule has 1 aromatic heterocycles. The molecule has 7 heteroatoms. The van der Waals surface area contributed by atoms with Gasteiger partial charge in [0.25, 0.3) is 5.91 Å². The van der Waals surface area contributed by atoms with Gasteiger partial charge in [0.2, 0.25) is 0 Å². The number of nitrogens with zero attached hydrogens (tertiary/aromatic N) is 2. The van der Waals surface area contributed by atoms with Gasteiger partial charge in [-0.3, -0.25) is 14.4 Å². The van der Waals surface area contributed by atoms with E-state index in [2.05, 4.69) is 4.98 Å². The van der Waals surface area contributed by atoms with Gasteiger partial charge in [-0.2, -0.15) is 0 Å². The first-order chi connectivity index (χ1) is 13.5. The smallest absolute Gasteiger partial charge is 0.309 e. The van der Waals surface area contributed by atoms with Crippen LogP contribution in [0.4, 0.5) is 0 Å². The van der Waals surface area contributed by atoms with Crippen molar-refractivity contribution >= 4 is 39.2 Å². The largest absolute Gasteiger partial charge is 0.455 e. The summed E-state index contributed by atoms with van der Waals surface area (Å²) in [6.45, 7) is 0.123. The maximum absolute atomic E-state index is 12.4. The van der Waals surface area contributed by atoms with Crippen LogP contribution < -0.4 is 0 Å². The molecule has 1 unspecified atom stereocenters. The second-order valence-corrected chi connectivity index (χ2v) is 8.94. The number of hydrogen-bond acceptors (Lipinski definition) is 6. The van der Waals surface area contributed by atoms with Crippen LogP contribution in [0.5, 0.6) is 0 Å². The molecular weight excluding hydrogens is 376 g/mol. The number of rotatable bonds is 5. The summed E-state index contributed by atoms with van der Waals surface area (Å²) < 4.78 is 6.39. The Bertz CT molecular complexity index is 860. The lowest BCUT2D eigenvalue weighted by molar-refractivity contribution is -0.158. The zero-order chi connectivity index (χ0) is 19.7. The fourth-order valence-electron chi connectivity index (χ4n) is 4.31. The number of benzene rings is 1. The number of carbonyl (C=O) groups excluding carboxylic acids is 3. The molecule has 1 aromatic carbocycles. The lowest BCUT2D eigenvalue weighted by Crippen LogP contribution is -2.40. The summed E-state index contributed by atoms with van der Waals surface area (Å²) in [6, 6.07) is 7.85. The van der Waals surface area contributed by atoms with Crippen LogP contribution in [0.25, 0.3) is 10.2 Å². The van der Waals surface area contributed by atoms with Gasteiger partial charge in [-0.15, -0.1) is 11.3 Å². The number of amides is 1. The number of hydrogen-bond donors (Lipinski definition) is 0. The summed E-state index contributed by atoms with van der Waals surface area (Å²) in [5.41, 5.74) is 0.923. The van der Waals surface area contributed by atoms with Gasteiger partial charge in [-0.25, -0.2) is 4.98 Å². The quantitative estimate of drug-likeness (QED) is 0.721. The maximum atomic E-state index is 12.4. The topological polar surface area (TPSA) is 76.6 Å². The van der Waals surface area contributed by atoms with Gasteiger partial charge in [0, 0.05) is 18.9 Å². The minimum atomic E-state index is -0.342. The van der Waals surface area contributed by atoms with Gasteiger partial charge in [0.1, 0.15) is 10.8 Å². The molecule has 4 rings (SSSR count). The first kappa shape index (κ1) is 19.1. The molecule has 3 atom stereocenters. The highest BCUT2D eigenvalue weighted by atomic mass is 32.1. The van der Waals surface area contributed by atoms with Crippen molar-refractivity contribution in [3.63, 3.8) is 0 Å². The van der Waals surface area contributed by atoms with E-state index < -0.39 is 0 Å². The van der Waals surface area contributed by atoms with Crippen molar-refractivity contribution in [2.45, 2.75) is 38.6 Å². The first-order valence-corrected chi connectivity index (χ1v) is 10.6. The predicted octanol–water partition coefficient (Wildman–Crippen LogP) is 3.19. The van der Waals surface area contributed by atoms with Crippen LogP contribution >= 0.6 is 11.3 Å². The van der Waals surface area contributed by atoms with Crippen LogP contribution in [0.15, 0.2) is 24.3 Å². The van der Waals surface area contributed by atoms with Crippen LogP contribution in [-0.4, -0.2) is 41.2 Å². The number of aromatic nitrogens is 1. The number of likely N-dealkylation sites (N-methyl/N-ethyl adjacent to an activating group) is 1. The van der Waals surface area contributed by atoms with Gasteiger partial charge in [-0.05, 0) is 37.8 Å². The third kappa shape index (κ3) is 3.94. The molecule has 0 radical (unpaired) electrons. The zero-order valence-corrected chi connectivity index (χ0v) is 16.7. The standard InChI is InChI=1S/C21H24N2O4S/c1-23(11-18-22-16-7-2-3-8-17(16)28-18)19(24)12-27-21(26)15-9-13-5-4-6-14(10-15)20(13)25/h2-3,7-8,13-15H,4-6,9-12H2,1H3/t13-,14+,15?. The summed E-state index contributed by atoms with van der Waals surface area (Å²) in [5.74, 6) is -0.520. The number of esters is 1. The SMILES string of the molecule is CN(Cc1nc2ccccc2s1)C(=O)COC(=O)C1C[C@H]2CCC[C@@H](C1)C2=O. The van der Waals surface area contributed by atoms with Crippen molar-refractivity contribution in [2.75, 3.05) is 13.7 Å². The molecule has 2 bridgehead atoms. The second kappa shape index (κ2) is 7.99. The van der Waals surface area contributed by atoms with Crippen molar-refractivity contribution in [3.8, 4) is 0 Å². The van der Waals surface area contributed by atoms with Crippen molar-refractivity contribution in [2.24, 2.45) is 17.8 Å². The van der Waals surface area contributed by atoms with Crippen LogP contribution in [0.2, 0.25) is 0 Å². The van der Waals surface area contributed by atoms with Crippen LogP contribution in [0.3, 0.4) is 0 Å². The summed E-state index contributed by atoms with van der Waals surface area (Å²) in [4.78, 5) is 43.0. The van der Waals surface area contributed by atoms with E-state index >= 15 is 0 Å². The van der Waals surface area contributed by atoms with E-state index in [-0.39, 0.29) is 36.2 Å². The van der Waals surface area contributed by atoms with E-state index in [1.54, 1.807) is 18.4 Å². The minimum absolute atomic E-state index is 0.00228. The van der Waals surface area contributed by atoms with Crippen LogP contribution in [0.1, 0.15) is 37.1 Å². The Hall–Kier alpha value is -2.28. The average molecular weight is 401 g/mol. The molecule has 0 aliphatic heterocycles. The van der Waals surface area contributed by atoms with E-state index in [0.29, 0.717) is 25.2 Å². The molecule has 2 fully saturated rings. The Labute approximate surface area is 167 Å². The normalized spacial score (nSPS) is 24.2. The summed E-state index contributed by atoms with van der Waals surface area (Å²) in [7, 11) is 1.69. The fraction of sp³-hybridized carbons (Fsp3) is 0.524. The van der Waals surface area contributed by atoms with E-state index in [1.165, 1.54) is 4.90 Å². The van der Waals surface area contributed by atoms with Gasteiger partial charge >= 0.3 is 5.97 Å². The van der Waals surface area contributed by atoms with Gasteiger partial charge < -0.3 is 9.64 Å². The van der Waals surface area contributed by atoms with E-state index in [1.807, 2.05) is 24.3 Å². The number of Topliss-reactive ketones (excluding diaryl/α,β-unsaturated/α-hetero) is 1. The van der Waals surface area contributed by atoms with Gasteiger partial charge in [-0.1, -0.05) is 18.6 Å². The highest BCUT2D eigenvalue weighted by molar-refractivity contribution is 7.18. The van der Waals surface area contributed by atoms with Gasteiger partial charge in [0.05, 0.1) is 22.7 Å². The third-order valence-electron chi connectivity index (χ3n) is 5.86. The van der Waals surface area contributed by atoms with Crippen molar-refractivity contribution < 1.29 is 19.1 Å². The Balaban J connectivity index is 1.28. The molecule has 2 aromatic rings. The zero-order valence-electron chi connectivity index (χ0n) is 15.9. The molecule has 0 spiro atoms. The highest BCUT2D eigenvalue weighted by Crippen LogP contribution is 2.40. The van der Waals surface area contributed by atoms with E-state index in [4.69, 9.17) is 4.74 Å². The molecule has 148 valence electrons. The molecule has 2 aliphatic rings. The summed E-state index contributed by atoms with van der Waals surface area (Å²) in [6.07, 6.45) is 3.97. The van der Waals surface area contributed by atoms with Gasteiger partial charge in [0.15, 0.2) is 6.61 Å². The Kier molecular flexibility index (Phi) is 5.44. The number of ether oxygens (including phenoxy) is 1. The Morgan fingerprint density at radius 3 is 2.64 bits per heavy atom. The Morgan fingerprint density at radius 1 is 1.21 bits per heavy atom. The molecule has 1 heterocycles. The van der Waals surface area contributed by atoms with E-state index in [0.717, 1.165) is 34.5 Å². The number of para-hydroxylation sites is 1. The average Bonchev–Trinajstić information content (AvgIpc) is 3.07. The Morgan fingerprint density at radius 2 is 1.93 bits per heavy atom. The molecule has 0 N–H and O–H groups in total. The molecule has 2 saturated carbocycles. The van der Waals surface area contributed by atoms with Crippen molar-refractivity contribution in [3.05, 3.63) is 29.3 Å². The molecule has 0 saturated heterocycles. The summed E-state index contributed by atoms with van der Waals surface area (Å²) >= 11 is 1.55. The van der Waals surface area contributed by atoms with Crippen LogP contribution in [0, 0.1) is 17.8 Å². The number of carbonyl (C=O) groups is 3. The number of ketones is 1. The molecular formula is C21H24N2O4S. The van der Waals surface area contributed by atoms with Crippen LogP contribution in [-0.2, 0) is 25.7 Å². The molecule has 28 heavy (non-hydrogen) atoms. The number of thiazole rings is 1. The van der Waals surface area contributed by atoms with Crippen molar-refractivity contribution in [1.82, 2.24) is 9.88 Å². The second-order valence-electron chi connectivity index (χ2n) is 7.83. The van der Waals surface area contributed by atoms with Crippen molar-refractivity contribution in [1.29, 1.82) is 0 Å². The highest BCUT2D eigenvalue weighted by Gasteiger charge is 2.41. The lowest BCUT2D eigenvalue weighted by Gasteiger charge is -2.36. The monoisotopic (exact) mass is 400 g/mol. The first-order valence-electron chi connectivity index (χ1n) is 9.80. The van der Waals surface area contributed by atoms with E-state index in [9.17, 15) is 14.4 Å². The predicted molar refractivity (Wildman–Crippen MR) is 106 cm³/mol. The summed E-state index contributed by atoms with van der Waals surface area (Å²) in [5, 5.41) is 0.849. The third-order valence-corrected chi connectivity index (χ3v) is 6.88. The number of fused-ring (bicyclic) bond motifs is 3. The fourth-order valence-corrected chi connectivity index (χ4v) is 5.33. The maximum Gasteiger partial charge on any atom is 0.309 e. The molecule has 2 aliphatic carbocycles. The molecule has 1 amide bonds.